The number of aryl methyl sites for hydroxylation is 1. The molecule has 0 atom stereocenters. The number of carbonyl (C=O) groups is 3. The fraction of sp³-hybridized carbons (Fsp3) is 0.125. The minimum absolute atomic E-state index is 0.0650. The largest absolute Gasteiger partial charge is 0.456 e. The summed E-state index contributed by atoms with van der Waals surface area (Å²) >= 11 is 0.670. The van der Waals surface area contributed by atoms with Crippen LogP contribution in [0.5, 0.6) is 11.5 Å². The van der Waals surface area contributed by atoms with Crippen LogP contribution in [0.4, 0.5) is 16.2 Å². The molecule has 36 heavy (non-hydrogen) atoms. The summed E-state index contributed by atoms with van der Waals surface area (Å²) in [6, 6.07) is 12.7. The molecule has 1 saturated heterocycles. The lowest BCUT2D eigenvalue weighted by Gasteiger charge is -2.12. The number of amides is 3. The molecule has 3 heterocycles. The maximum Gasteiger partial charge on any atom is 0.294 e. The van der Waals surface area contributed by atoms with Crippen molar-refractivity contribution in [2.45, 2.75) is 6.92 Å². The van der Waals surface area contributed by atoms with Gasteiger partial charge in [0, 0.05) is 23.9 Å². The molecule has 1 aromatic heterocycles. The number of carbonyl (C=O) groups excluding carboxylic acids is 3. The van der Waals surface area contributed by atoms with Gasteiger partial charge in [-0.05, 0) is 54.6 Å². The van der Waals surface area contributed by atoms with Crippen molar-refractivity contribution in [3.8, 4) is 22.8 Å². The highest BCUT2D eigenvalue weighted by atomic mass is 32.2. The topological polar surface area (TPSA) is 141 Å². The van der Waals surface area contributed by atoms with Gasteiger partial charge in [0.05, 0.1) is 15.4 Å². The van der Waals surface area contributed by atoms with E-state index in [4.69, 9.17) is 13.9 Å². The molecule has 2 aliphatic rings. The molecule has 11 nitrogen and oxygen atoms in total. The molecular formula is C24H17N3O8S. The van der Waals surface area contributed by atoms with Gasteiger partial charge in [0.15, 0.2) is 11.5 Å². The number of nitro groups is 1. The number of rotatable bonds is 6. The number of hydrogen-bond donors (Lipinski definition) is 1. The Morgan fingerprint density at radius 1 is 1.14 bits per heavy atom. The van der Waals surface area contributed by atoms with E-state index in [0.29, 0.717) is 34.5 Å². The quantitative estimate of drug-likeness (QED) is 0.288. The first-order valence-corrected chi connectivity index (χ1v) is 11.4. The summed E-state index contributed by atoms with van der Waals surface area (Å²) in [6.45, 7) is 1.36. The first kappa shape index (κ1) is 23.2. The van der Waals surface area contributed by atoms with Gasteiger partial charge in [-0.15, -0.1) is 0 Å². The zero-order valence-corrected chi connectivity index (χ0v) is 19.5. The van der Waals surface area contributed by atoms with Gasteiger partial charge in [0.25, 0.3) is 16.8 Å². The number of ether oxygens (including phenoxy) is 2. The van der Waals surface area contributed by atoms with Gasteiger partial charge in [-0.3, -0.25) is 29.4 Å². The molecule has 0 radical (unpaired) electrons. The molecular weight excluding hydrogens is 490 g/mol. The summed E-state index contributed by atoms with van der Waals surface area (Å²) in [5.74, 6) is 0.304. The van der Waals surface area contributed by atoms with Crippen molar-refractivity contribution in [1.29, 1.82) is 0 Å². The highest BCUT2D eigenvalue weighted by molar-refractivity contribution is 8.18. The van der Waals surface area contributed by atoms with Crippen LogP contribution in [0.3, 0.4) is 0 Å². The van der Waals surface area contributed by atoms with E-state index in [2.05, 4.69) is 5.32 Å². The number of anilines is 1. The van der Waals surface area contributed by atoms with Gasteiger partial charge in [-0.1, -0.05) is 6.07 Å². The Morgan fingerprint density at radius 2 is 1.94 bits per heavy atom. The third-order valence-corrected chi connectivity index (χ3v) is 6.25. The normalized spacial score (nSPS) is 15.6. The second-order valence-electron chi connectivity index (χ2n) is 7.86. The zero-order valence-electron chi connectivity index (χ0n) is 18.7. The molecule has 3 amide bonds. The molecule has 12 heteroatoms. The third kappa shape index (κ3) is 4.53. The molecule has 1 fully saturated rings. The second-order valence-corrected chi connectivity index (χ2v) is 8.86. The van der Waals surface area contributed by atoms with Crippen LogP contribution in [0.25, 0.3) is 17.4 Å². The highest BCUT2D eigenvalue weighted by Crippen LogP contribution is 2.36. The molecule has 2 aromatic carbocycles. The number of thioether (sulfide) groups is 1. The van der Waals surface area contributed by atoms with Crippen LogP contribution in [0.15, 0.2) is 57.9 Å². The highest BCUT2D eigenvalue weighted by Gasteiger charge is 2.36. The lowest BCUT2D eigenvalue weighted by molar-refractivity contribution is -0.384. The Labute approximate surface area is 207 Å². The molecule has 0 unspecified atom stereocenters. The standard InChI is InChI=1S/C24H17N3O8S/c1-13-2-5-16(17(8-13)27(31)32)18-7-4-15(35-18)10-21-23(29)26(24(30)36-21)11-22(28)25-14-3-6-19-20(9-14)34-12-33-19/h2-10H,11-12H2,1H3,(H,25,28)/b21-10+. The van der Waals surface area contributed by atoms with Gasteiger partial charge in [-0.25, -0.2) is 0 Å². The second kappa shape index (κ2) is 9.23. The van der Waals surface area contributed by atoms with E-state index >= 15 is 0 Å². The van der Waals surface area contributed by atoms with E-state index in [-0.39, 0.29) is 28.9 Å². The van der Waals surface area contributed by atoms with Gasteiger partial charge in [0.2, 0.25) is 12.7 Å². The van der Waals surface area contributed by atoms with E-state index in [1.807, 2.05) is 0 Å². The molecule has 0 saturated carbocycles. The minimum Gasteiger partial charge on any atom is -0.456 e. The monoisotopic (exact) mass is 507 g/mol. The molecule has 5 rings (SSSR count). The van der Waals surface area contributed by atoms with Gasteiger partial charge >= 0.3 is 0 Å². The van der Waals surface area contributed by atoms with E-state index < -0.39 is 28.5 Å². The number of furan rings is 1. The maximum absolute atomic E-state index is 12.8. The number of benzene rings is 2. The van der Waals surface area contributed by atoms with E-state index in [1.54, 1.807) is 49.4 Å². The zero-order chi connectivity index (χ0) is 25.4. The van der Waals surface area contributed by atoms with Gasteiger partial charge in [-0.2, -0.15) is 0 Å². The van der Waals surface area contributed by atoms with E-state index in [1.165, 1.54) is 12.1 Å². The van der Waals surface area contributed by atoms with Crippen molar-refractivity contribution in [1.82, 2.24) is 4.90 Å². The number of imide groups is 1. The Morgan fingerprint density at radius 3 is 2.75 bits per heavy atom. The van der Waals surface area contributed by atoms with Crippen molar-refractivity contribution >= 4 is 46.3 Å². The summed E-state index contributed by atoms with van der Waals surface area (Å²) in [7, 11) is 0. The number of nitrogens with zero attached hydrogens (tertiary/aromatic N) is 2. The van der Waals surface area contributed by atoms with Crippen molar-refractivity contribution < 1.29 is 33.2 Å². The summed E-state index contributed by atoms with van der Waals surface area (Å²) in [5.41, 5.74) is 1.34. The van der Waals surface area contributed by atoms with Crippen LogP contribution >= 0.6 is 11.8 Å². The molecule has 2 aliphatic heterocycles. The van der Waals surface area contributed by atoms with Crippen LogP contribution < -0.4 is 14.8 Å². The fourth-order valence-corrected chi connectivity index (χ4v) is 4.48. The lowest BCUT2D eigenvalue weighted by atomic mass is 10.1. The summed E-state index contributed by atoms with van der Waals surface area (Å²) < 4.78 is 16.2. The minimum atomic E-state index is -0.648. The summed E-state index contributed by atoms with van der Waals surface area (Å²) in [5, 5.41) is 13.4. The van der Waals surface area contributed by atoms with Crippen LogP contribution in [-0.2, 0) is 9.59 Å². The van der Waals surface area contributed by atoms with Crippen molar-refractivity contribution in [2.24, 2.45) is 0 Å². The number of nitro benzene ring substituents is 1. The third-order valence-electron chi connectivity index (χ3n) is 5.35. The summed E-state index contributed by atoms with van der Waals surface area (Å²) in [4.78, 5) is 49.5. The first-order valence-electron chi connectivity index (χ1n) is 10.6. The maximum atomic E-state index is 12.8. The lowest BCUT2D eigenvalue weighted by Crippen LogP contribution is -2.36. The van der Waals surface area contributed by atoms with Crippen LogP contribution in [0.2, 0.25) is 0 Å². The molecule has 1 N–H and O–H groups in total. The predicted molar refractivity (Wildman–Crippen MR) is 129 cm³/mol. The molecule has 3 aromatic rings. The van der Waals surface area contributed by atoms with E-state index in [0.717, 1.165) is 10.5 Å². The van der Waals surface area contributed by atoms with Crippen LogP contribution in [0.1, 0.15) is 11.3 Å². The predicted octanol–water partition coefficient (Wildman–Crippen LogP) is 4.57. The van der Waals surface area contributed by atoms with Crippen LogP contribution in [-0.4, -0.2) is 40.2 Å². The number of fused-ring (bicyclic) bond motifs is 1. The SMILES string of the molecule is Cc1ccc(-c2ccc(/C=C3/SC(=O)N(CC(=O)Nc4ccc5c(c4)OCO5)C3=O)o2)c([N+](=O)[O-])c1. The Bertz CT molecular complexity index is 1460. The Kier molecular flexibility index (Phi) is 5.94. The smallest absolute Gasteiger partial charge is 0.294 e. The van der Waals surface area contributed by atoms with Crippen LogP contribution in [0, 0.1) is 17.0 Å². The van der Waals surface area contributed by atoms with Gasteiger partial charge < -0.3 is 19.2 Å². The molecule has 0 bridgehead atoms. The number of hydrogen-bond acceptors (Lipinski definition) is 9. The van der Waals surface area contributed by atoms with Crippen molar-refractivity contribution in [3.05, 3.63) is 74.9 Å². The molecule has 0 aliphatic carbocycles. The Hall–Kier alpha value is -4.58. The van der Waals surface area contributed by atoms with Crippen molar-refractivity contribution in [3.63, 3.8) is 0 Å². The van der Waals surface area contributed by atoms with E-state index in [9.17, 15) is 24.5 Å². The van der Waals surface area contributed by atoms with Gasteiger partial charge in [0.1, 0.15) is 18.1 Å². The van der Waals surface area contributed by atoms with Crippen molar-refractivity contribution in [2.75, 3.05) is 18.7 Å². The molecule has 182 valence electrons. The summed E-state index contributed by atoms with van der Waals surface area (Å²) in [6.07, 6.45) is 1.37. The fourth-order valence-electron chi connectivity index (χ4n) is 3.66. The first-order chi connectivity index (χ1) is 17.3. The Balaban J connectivity index is 1.29. The molecule has 0 spiro atoms. The average molecular weight is 507 g/mol. The average Bonchev–Trinajstić information content (AvgIpc) is 3.55. The number of nitrogens with one attached hydrogen (secondary N) is 1.